The molecule has 0 fully saturated rings. The third-order valence-electron chi connectivity index (χ3n) is 3.45. The van der Waals surface area contributed by atoms with E-state index >= 15 is 0 Å². The largest absolute Gasteiger partial charge is 0.354 e. The van der Waals surface area contributed by atoms with Crippen LogP contribution in [0.1, 0.15) is 29.5 Å². The van der Waals surface area contributed by atoms with Gasteiger partial charge >= 0.3 is 0 Å². The smallest absolute Gasteiger partial charge is 0.128 e. The zero-order valence-corrected chi connectivity index (χ0v) is 13.2. The highest BCUT2D eigenvalue weighted by molar-refractivity contribution is 7.09. The minimum absolute atomic E-state index is 0.222. The molecule has 0 aliphatic rings. The molecule has 0 amide bonds. The molecule has 1 unspecified atom stereocenters. The molecule has 108 valence electrons. The molecular formula is C15H22N4S. The Kier molecular flexibility index (Phi) is 5.09. The van der Waals surface area contributed by atoms with Gasteiger partial charge in [-0.15, -0.1) is 11.3 Å². The number of nitrogens with zero attached hydrogens (tertiary/aromatic N) is 3. The van der Waals surface area contributed by atoms with Gasteiger partial charge in [-0.25, -0.2) is 9.97 Å². The fraction of sp³-hybridized carbons (Fsp3) is 0.467. The Bertz CT molecular complexity index is 535. The lowest BCUT2D eigenvalue weighted by Gasteiger charge is -2.18. The molecule has 2 rings (SSSR count). The number of aromatic nitrogens is 2. The minimum Gasteiger partial charge on any atom is -0.354 e. The zero-order chi connectivity index (χ0) is 14.5. The summed E-state index contributed by atoms with van der Waals surface area (Å²) in [6, 6.07) is 4.40. The number of hydrogen-bond donors (Lipinski definition) is 1. The first-order valence-electron chi connectivity index (χ1n) is 6.90. The van der Waals surface area contributed by atoms with Gasteiger partial charge in [-0.2, -0.15) is 0 Å². The van der Waals surface area contributed by atoms with Gasteiger partial charge in [0.05, 0.1) is 17.7 Å². The van der Waals surface area contributed by atoms with E-state index in [1.807, 2.05) is 18.6 Å². The molecule has 0 saturated heterocycles. The van der Waals surface area contributed by atoms with E-state index < -0.39 is 0 Å². The molecule has 0 saturated carbocycles. The number of anilines is 1. The Morgan fingerprint density at radius 3 is 2.70 bits per heavy atom. The van der Waals surface area contributed by atoms with Gasteiger partial charge in [0.25, 0.3) is 0 Å². The standard InChI is InChI=1S/C15H22N4S/c1-4-13(16)7-12-5-6-15(17-8-12)19(3)9-14-11(2)18-10-20-14/h5-6,8,10,13H,4,7,9,16H2,1-3H3. The van der Waals surface area contributed by atoms with Crippen LogP contribution in [0.25, 0.3) is 0 Å². The monoisotopic (exact) mass is 290 g/mol. The van der Waals surface area contributed by atoms with Gasteiger partial charge in [-0.1, -0.05) is 13.0 Å². The molecule has 2 N–H and O–H groups in total. The predicted molar refractivity (Wildman–Crippen MR) is 85.2 cm³/mol. The van der Waals surface area contributed by atoms with Gasteiger partial charge in [0.2, 0.25) is 0 Å². The molecule has 1 atom stereocenters. The Morgan fingerprint density at radius 2 is 2.15 bits per heavy atom. The summed E-state index contributed by atoms with van der Waals surface area (Å²) in [5.74, 6) is 0.978. The summed E-state index contributed by atoms with van der Waals surface area (Å²) < 4.78 is 0. The lowest BCUT2D eigenvalue weighted by atomic mass is 10.1. The van der Waals surface area contributed by atoms with Crippen LogP contribution in [0, 0.1) is 6.92 Å². The molecule has 2 aromatic heterocycles. The second-order valence-electron chi connectivity index (χ2n) is 5.11. The third-order valence-corrected chi connectivity index (χ3v) is 4.37. The lowest BCUT2D eigenvalue weighted by molar-refractivity contribution is 0.645. The van der Waals surface area contributed by atoms with Gasteiger partial charge in [0.15, 0.2) is 0 Å². The van der Waals surface area contributed by atoms with Crippen molar-refractivity contribution in [1.82, 2.24) is 9.97 Å². The summed E-state index contributed by atoms with van der Waals surface area (Å²) in [5.41, 5.74) is 10.2. The number of rotatable bonds is 6. The number of nitrogens with two attached hydrogens (primary N) is 1. The molecule has 0 spiro atoms. The highest BCUT2D eigenvalue weighted by atomic mass is 32.1. The molecule has 5 heteroatoms. The van der Waals surface area contributed by atoms with E-state index in [2.05, 4.69) is 41.0 Å². The quantitative estimate of drug-likeness (QED) is 0.889. The number of hydrogen-bond acceptors (Lipinski definition) is 5. The van der Waals surface area contributed by atoms with Crippen molar-refractivity contribution < 1.29 is 0 Å². The van der Waals surface area contributed by atoms with Crippen LogP contribution in [0.4, 0.5) is 5.82 Å². The highest BCUT2D eigenvalue weighted by Crippen LogP contribution is 2.18. The number of aryl methyl sites for hydroxylation is 1. The second-order valence-corrected chi connectivity index (χ2v) is 6.05. The van der Waals surface area contributed by atoms with Crippen molar-refractivity contribution >= 4 is 17.2 Å². The molecule has 0 aromatic carbocycles. The minimum atomic E-state index is 0.222. The molecule has 4 nitrogen and oxygen atoms in total. The maximum atomic E-state index is 5.97. The van der Waals surface area contributed by atoms with Crippen LogP contribution in [0.2, 0.25) is 0 Å². The van der Waals surface area contributed by atoms with Crippen molar-refractivity contribution in [2.45, 2.75) is 39.3 Å². The number of pyridine rings is 1. The van der Waals surface area contributed by atoms with E-state index in [0.717, 1.165) is 30.9 Å². The van der Waals surface area contributed by atoms with Gasteiger partial charge in [-0.3, -0.25) is 0 Å². The van der Waals surface area contributed by atoms with E-state index in [1.165, 1.54) is 10.4 Å². The van der Waals surface area contributed by atoms with E-state index in [-0.39, 0.29) is 6.04 Å². The van der Waals surface area contributed by atoms with Crippen molar-refractivity contribution in [3.63, 3.8) is 0 Å². The van der Waals surface area contributed by atoms with Crippen LogP contribution in [0.15, 0.2) is 23.8 Å². The van der Waals surface area contributed by atoms with Crippen LogP contribution in [-0.2, 0) is 13.0 Å². The second kappa shape index (κ2) is 6.81. The molecule has 20 heavy (non-hydrogen) atoms. The Morgan fingerprint density at radius 1 is 1.35 bits per heavy atom. The van der Waals surface area contributed by atoms with Crippen LogP contribution >= 0.6 is 11.3 Å². The van der Waals surface area contributed by atoms with E-state index in [9.17, 15) is 0 Å². The molecular weight excluding hydrogens is 268 g/mol. The van der Waals surface area contributed by atoms with Gasteiger partial charge in [0, 0.05) is 24.2 Å². The normalized spacial score (nSPS) is 12.4. The van der Waals surface area contributed by atoms with Gasteiger partial charge < -0.3 is 10.6 Å². The van der Waals surface area contributed by atoms with Gasteiger partial charge in [0.1, 0.15) is 5.82 Å². The van der Waals surface area contributed by atoms with Crippen molar-refractivity contribution in [3.8, 4) is 0 Å². The summed E-state index contributed by atoms with van der Waals surface area (Å²) in [6.45, 7) is 5.00. The molecule has 2 heterocycles. The van der Waals surface area contributed by atoms with Crippen LogP contribution in [0.3, 0.4) is 0 Å². The van der Waals surface area contributed by atoms with Crippen molar-refractivity contribution in [3.05, 3.63) is 40.0 Å². The molecule has 0 aliphatic carbocycles. The topological polar surface area (TPSA) is 55.0 Å². The summed E-state index contributed by atoms with van der Waals surface area (Å²) >= 11 is 1.69. The maximum absolute atomic E-state index is 5.97. The lowest BCUT2D eigenvalue weighted by Crippen LogP contribution is -2.22. The Balaban J connectivity index is 2.00. The summed E-state index contributed by atoms with van der Waals surface area (Å²) in [7, 11) is 2.05. The van der Waals surface area contributed by atoms with Crippen molar-refractivity contribution in [1.29, 1.82) is 0 Å². The fourth-order valence-electron chi connectivity index (χ4n) is 1.98. The number of thiazole rings is 1. The van der Waals surface area contributed by atoms with Crippen LogP contribution < -0.4 is 10.6 Å². The Hall–Kier alpha value is -1.46. The summed E-state index contributed by atoms with van der Waals surface area (Å²) in [4.78, 5) is 12.2. The molecule has 0 bridgehead atoms. The first kappa shape index (κ1) is 14.9. The zero-order valence-electron chi connectivity index (χ0n) is 12.3. The van der Waals surface area contributed by atoms with E-state index in [1.54, 1.807) is 11.3 Å². The van der Waals surface area contributed by atoms with Gasteiger partial charge in [-0.05, 0) is 31.4 Å². The molecule has 0 aliphatic heterocycles. The van der Waals surface area contributed by atoms with Crippen LogP contribution in [-0.4, -0.2) is 23.1 Å². The van der Waals surface area contributed by atoms with E-state index in [0.29, 0.717) is 0 Å². The summed E-state index contributed by atoms with van der Waals surface area (Å²) in [6.07, 6.45) is 3.81. The third kappa shape index (κ3) is 3.77. The van der Waals surface area contributed by atoms with E-state index in [4.69, 9.17) is 5.73 Å². The van der Waals surface area contributed by atoms with Crippen molar-refractivity contribution in [2.24, 2.45) is 5.73 Å². The maximum Gasteiger partial charge on any atom is 0.128 e. The highest BCUT2D eigenvalue weighted by Gasteiger charge is 2.08. The van der Waals surface area contributed by atoms with Crippen LogP contribution in [0.5, 0.6) is 0 Å². The first-order chi connectivity index (χ1) is 9.60. The first-order valence-corrected chi connectivity index (χ1v) is 7.78. The van der Waals surface area contributed by atoms with Crippen molar-refractivity contribution in [2.75, 3.05) is 11.9 Å². The molecule has 2 aromatic rings. The SMILES string of the molecule is CCC(N)Cc1ccc(N(C)Cc2scnc2C)nc1. The predicted octanol–water partition coefficient (Wildman–Crippen LogP) is 2.76. The fourth-order valence-corrected chi connectivity index (χ4v) is 2.81. The average molecular weight is 290 g/mol. The summed E-state index contributed by atoms with van der Waals surface area (Å²) in [5, 5.41) is 0. The Labute approximate surface area is 124 Å². The molecule has 0 radical (unpaired) electrons. The average Bonchev–Trinajstić information content (AvgIpc) is 2.85.